The van der Waals surface area contributed by atoms with Crippen LogP contribution in [0.25, 0.3) is 0 Å². The molecule has 6 nitrogen and oxygen atoms in total. The van der Waals surface area contributed by atoms with E-state index < -0.39 is 35.0 Å². The average molecular weight is 433 g/mol. The van der Waals surface area contributed by atoms with E-state index in [9.17, 15) is 19.2 Å². The molecular weight excluding hydrogens is 412 g/mol. The van der Waals surface area contributed by atoms with Crippen molar-refractivity contribution in [2.24, 2.45) is 5.92 Å². The van der Waals surface area contributed by atoms with Crippen LogP contribution in [0, 0.1) is 5.92 Å². The van der Waals surface area contributed by atoms with E-state index in [0.29, 0.717) is 16.0 Å². The van der Waals surface area contributed by atoms with Gasteiger partial charge in [-0.15, -0.1) is 11.3 Å². The van der Waals surface area contributed by atoms with Gasteiger partial charge in [-0.05, 0) is 11.4 Å². The summed E-state index contributed by atoms with van der Waals surface area (Å²) in [4.78, 5) is 56.8. The van der Waals surface area contributed by atoms with E-state index in [-0.39, 0.29) is 0 Å². The van der Waals surface area contributed by atoms with E-state index in [0.717, 1.165) is 4.90 Å². The molecule has 0 aliphatic carbocycles. The lowest BCUT2D eigenvalue weighted by Gasteiger charge is -2.37. The van der Waals surface area contributed by atoms with Crippen molar-refractivity contribution in [3.63, 3.8) is 0 Å². The Balaban J connectivity index is 2.00. The Morgan fingerprint density at radius 1 is 0.806 bits per heavy atom. The summed E-state index contributed by atoms with van der Waals surface area (Å²) in [6, 6.07) is 19.7. The molecular formula is C24H20N2O4S. The van der Waals surface area contributed by atoms with Crippen molar-refractivity contribution in [1.29, 1.82) is 0 Å². The van der Waals surface area contributed by atoms with Crippen LogP contribution in [0.4, 0.5) is 4.79 Å². The Kier molecular flexibility index (Phi) is 5.29. The number of ketones is 2. The molecule has 1 atom stereocenters. The smallest absolute Gasteiger partial charge is 0.307 e. The third-order valence-corrected chi connectivity index (χ3v) is 6.68. The number of thiophene rings is 1. The number of nitrogens with zero attached hydrogens (tertiary/aromatic N) is 2. The van der Waals surface area contributed by atoms with Gasteiger partial charge < -0.3 is 4.90 Å². The molecule has 0 bridgehead atoms. The molecule has 1 aliphatic rings. The fourth-order valence-electron chi connectivity index (χ4n) is 4.12. The van der Waals surface area contributed by atoms with Gasteiger partial charge in [0.25, 0.3) is 5.91 Å². The lowest BCUT2D eigenvalue weighted by molar-refractivity contribution is -0.133. The van der Waals surface area contributed by atoms with Gasteiger partial charge >= 0.3 is 6.03 Å². The van der Waals surface area contributed by atoms with E-state index in [1.807, 2.05) is 0 Å². The second-order valence-electron chi connectivity index (χ2n) is 7.34. The summed E-state index contributed by atoms with van der Waals surface area (Å²) in [5.74, 6) is -3.05. The summed E-state index contributed by atoms with van der Waals surface area (Å²) < 4.78 is 0. The van der Waals surface area contributed by atoms with Crippen molar-refractivity contribution in [1.82, 2.24) is 9.80 Å². The highest BCUT2D eigenvalue weighted by Gasteiger charge is 2.64. The number of urea groups is 1. The lowest BCUT2D eigenvalue weighted by atomic mass is 9.73. The number of rotatable bonds is 6. The molecule has 31 heavy (non-hydrogen) atoms. The number of carbonyl (C=O) groups is 4. The monoisotopic (exact) mass is 432 g/mol. The Hall–Kier alpha value is -3.58. The van der Waals surface area contributed by atoms with Crippen LogP contribution in [-0.4, -0.2) is 47.4 Å². The van der Waals surface area contributed by atoms with E-state index >= 15 is 0 Å². The van der Waals surface area contributed by atoms with Gasteiger partial charge in [0.15, 0.2) is 17.1 Å². The quantitative estimate of drug-likeness (QED) is 0.337. The van der Waals surface area contributed by atoms with Crippen LogP contribution in [0.2, 0.25) is 0 Å². The number of imide groups is 1. The normalized spacial score (nSPS) is 18.7. The number of amides is 3. The maximum Gasteiger partial charge on any atom is 0.327 e. The minimum absolute atomic E-state index is 0.302. The molecule has 0 N–H and O–H groups in total. The zero-order valence-corrected chi connectivity index (χ0v) is 17.8. The van der Waals surface area contributed by atoms with Gasteiger partial charge in [0.05, 0.1) is 0 Å². The van der Waals surface area contributed by atoms with Crippen LogP contribution in [0.5, 0.6) is 0 Å². The molecule has 2 aromatic carbocycles. The first-order valence-corrected chi connectivity index (χ1v) is 10.6. The van der Waals surface area contributed by atoms with Crippen LogP contribution in [0.3, 0.4) is 0 Å². The zero-order chi connectivity index (χ0) is 22.2. The van der Waals surface area contributed by atoms with Gasteiger partial charge in [-0.3, -0.25) is 19.3 Å². The predicted octanol–water partition coefficient (Wildman–Crippen LogP) is 3.85. The summed E-state index contributed by atoms with van der Waals surface area (Å²) >= 11 is 1.24. The zero-order valence-electron chi connectivity index (χ0n) is 17.0. The lowest BCUT2D eigenvalue weighted by Crippen LogP contribution is -2.56. The highest BCUT2D eigenvalue weighted by atomic mass is 32.1. The molecule has 7 heteroatoms. The first-order chi connectivity index (χ1) is 14.9. The molecule has 3 aromatic rings. The van der Waals surface area contributed by atoms with E-state index in [1.165, 1.54) is 30.3 Å². The van der Waals surface area contributed by atoms with Crippen LogP contribution in [-0.2, 0) is 10.3 Å². The van der Waals surface area contributed by atoms with Gasteiger partial charge in [0, 0.05) is 30.1 Å². The average Bonchev–Trinajstić information content (AvgIpc) is 3.40. The molecule has 1 unspecified atom stereocenters. The molecule has 1 saturated heterocycles. The second kappa shape index (κ2) is 7.92. The first kappa shape index (κ1) is 20.7. The van der Waals surface area contributed by atoms with Crippen molar-refractivity contribution in [2.45, 2.75) is 5.54 Å². The van der Waals surface area contributed by atoms with Crippen molar-refractivity contribution < 1.29 is 19.2 Å². The Bertz CT molecular complexity index is 1090. The molecule has 1 aliphatic heterocycles. The number of Topliss-reactive ketones (excluding diaryl/α,β-unsaturated/α-hetero) is 2. The molecule has 2 heterocycles. The minimum atomic E-state index is -1.76. The third-order valence-electron chi connectivity index (χ3n) is 5.69. The number of carbonyl (C=O) groups excluding carboxylic acids is 4. The Morgan fingerprint density at radius 2 is 1.32 bits per heavy atom. The number of hydrogen-bond donors (Lipinski definition) is 0. The molecule has 156 valence electrons. The van der Waals surface area contributed by atoms with Gasteiger partial charge in [-0.1, -0.05) is 66.7 Å². The predicted molar refractivity (Wildman–Crippen MR) is 117 cm³/mol. The van der Waals surface area contributed by atoms with Gasteiger partial charge in [0.1, 0.15) is 5.92 Å². The number of likely N-dealkylation sites (N-methyl/N-ethyl adjacent to an activating group) is 2. The summed E-state index contributed by atoms with van der Waals surface area (Å²) in [7, 11) is 2.83. The molecule has 1 aromatic heterocycles. The fraction of sp³-hybridized carbons (Fsp3) is 0.167. The molecule has 4 rings (SSSR count). The fourth-order valence-corrected chi connectivity index (χ4v) is 5.11. The van der Waals surface area contributed by atoms with Crippen LogP contribution >= 0.6 is 11.3 Å². The van der Waals surface area contributed by atoms with E-state index in [2.05, 4.69) is 0 Å². The molecule has 0 radical (unpaired) electrons. The maximum atomic E-state index is 13.8. The minimum Gasteiger partial charge on any atom is -0.307 e. The van der Waals surface area contributed by atoms with Crippen molar-refractivity contribution in [3.8, 4) is 0 Å². The standard InChI is InChI=1S/C24H20N2O4S/c1-25-22(29)24(26(2)23(25)30,18-14-9-15-31-18)19(20(27)16-10-5-3-6-11-16)21(28)17-12-7-4-8-13-17/h3-15,19H,1-2H3. The first-order valence-electron chi connectivity index (χ1n) is 9.69. The maximum absolute atomic E-state index is 13.8. The summed E-state index contributed by atoms with van der Waals surface area (Å²) in [5, 5.41) is 1.76. The van der Waals surface area contributed by atoms with Gasteiger partial charge in [-0.2, -0.15) is 0 Å². The second-order valence-corrected chi connectivity index (χ2v) is 8.29. The summed E-state index contributed by atoms with van der Waals surface area (Å²) in [5.41, 5.74) is -1.16. The molecule has 1 fully saturated rings. The topological polar surface area (TPSA) is 74.8 Å². The molecule has 0 spiro atoms. The van der Waals surface area contributed by atoms with Crippen molar-refractivity contribution in [3.05, 3.63) is 94.2 Å². The van der Waals surface area contributed by atoms with Crippen LogP contribution < -0.4 is 0 Å². The van der Waals surface area contributed by atoms with Crippen LogP contribution in [0.1, 0.15) is 25.6 Å². The number of benzene rings is 2. The molecule has 0 saturated carbocycles. The van der Waals surface area contributed by atoms with Crippen molar-refractivity contribution in [2.75, 3.05) is 14.1 Å². The van der Waals surface area contributed by atoms with Gasteiger partial charge in [0.2, 0.25) is 0 Å². The van der Waals surface area contributed by atoms with E-state index in [4.69, 9.17) is 0 Å². The highest BCUT2D eigenvalue weighted by Crippen LogP contribution is 2.46. The third kappa shape index (κ3) is 3.09. The molecule has 3 amide bonds. The number of hydrogen-bond acceptors (Lipinski definition) is 5. The van der Waals surface area contributed by atoms with E-state index in [1.54, 1.807) is 78.2 Å². The van der Waals surface area contributed by atoms with Gasteiger partial charge in [-0.25, -0.2) is 4.79 Å². The van der Waals surface area contributed by atoms with Crippen LogP contribution in [0.15, 0.2) is 78.2 Å². The largest absolute Gasteiger partial charge is 0.327 e. The SMILES string of the molecule is CN1C(=O)N(C)C(c2cccs2)(C(C(=O)c2ccccc2)C(=O)c2ccccc2)C1=O. The summed E-state index contributed by atoms with van der Waals surface area (Å²) in [6.45, 7) is 0. The summed E-state index contributed by atoms with van der Waals surface area (Å²) in [6.07, 6.45) is 0. The Morgan fingerprint density at radius 3 is 1.71 bits per heavy atom. The van der Waals surface area contributed by atoms with Crippen molar-refractivity contribution >= 4 is 34.8 Å². The Labute approximate surface area is 183 Å². The highest BCUT2D eigenvalue weighted by molar-refractivity contribution is 7.10.